The molecule has 0 aromatic heterocycles. The number of hydrogen-bond donors (Lipinski definition) is 3. The van der Waals surface area contributed by atoms with Crippen LogP contribution in [0.3, 0.4) is 0 Å². The van der Waals surface area contributed by atoms with Crippen molar-refractivity contribution in [2.75, 3.05) is 12.4 Å². The molecule has 0 spiro atoms. The Balaban J connectivity index is 2.66. The Morgan fingerprint density at radius 1 is 1.28 bits per heavy atom. The van der Waals surface area contributed by atoms with E-state index in [2.05, 4.69) is 10.6 Å². The van der Waals surface area contributed by atoms with Gasteiger partial charge in [-0.3, -0.25) is 10.1 Å². The smallest absolute Gasteiger partial charge is 0.321 e. The van der Waals surface area contributed by atoms with Crippen molar-refractivity contribution >= 4 is 17.6 Å². The fourth-order valence-electron chi connectivity index (χ4n) is 1.19. The standard InChI is InChI=1S/C11H13F2N3O2/c1-6(10(17)16-11(18)14-2)15-9-4-3-7(12)5-8(9)13/h3-6,15H,1-2H3,(H2,14,16,17,18). The number of imide groups is 1. The monoisotopic (exact) mass is 257 g/mol. The van der Waals surface area contributed by atoms with E-state index in [9.17, 15) is 18.4 Å². The van der Waals surface area contributed by atoms with Crippen molar-refractivity contribution in [3.05, 3.63) is 29.8 Å². The highest BCUT2D eigenvalue weighted by molar-refractivity contribution is 5.97. The van der Waals surface area contributed by atoms with Crippen molar-refractivity contribution in [2.45, 2.75) is 13.0 Å². The van der Waals surface area contributed by atoms with Crippen LogP contribution in [0.2, 0.25) is 0 Å². The zero-order valence-electron chi connectivity index (χ0n) is 9.88. The maximum Gasteiger partial charge on any atom is 0.321 e. The lowest BCUT2D eigenvalue weighted by atomic mass is 10.2. The lowest BCUT2D eigenvalue weighted by molar-refractivity contribution is -0.120. The normalized spacial score (nSPS) is 11.6. The van der Waals surface area contributed by atoms with E-state index >= 15 is 0 Å². The first-order valence-electron chi connectivity index (χ1n) is 5.18. The Labute approximate surface area is 103 Å². The molecule has 0 bridgehead atoms. The number of nitrogens with one attached hydrogen (secondary N) is 3. The molecule has 0 aliphatic rings. The number of halogens is 2. The second-order valence-corrected chi connectivity index (χ2v) is 3.56. The summed E-state index contributed by atoms with van der Waals surface area (Å²) in [6.45, 7) is 1.45. The molecule has 0 saturated carbocycles. The molecular formula is C11H13F2N3O2. The molecule has 3 N–H and O–H groups in total. The number of urea groups is 1. The van der Waals surface area contributed by atoms with E-state index in [0.717, 1.165) is 6.07 Å². The Morgan fingerprint density at radius 2 is 1.94 bits per heavy atom. The molecule has 1 unspecified atom stereocenters. The summed E-state index contributed by atoms with van der Waals surface area (Å²) < 4.78 is 26.0. The maximum absolute atomic E-state index is 13.3. The summed E-state index contributed by atoms with van der Waals surface area (Å²) >= 11 is 0. The van der Waals surface area contributed by atoms with Crippen molar-refractivity contribution in [2.24, 2.45) is 0 Å². The highest BCUT2D eigenvalue weighted by Crippen LogP contribution is 2.15. The first kappa shape index (κ1) is 13.9. The van der Waals surface area contributed by atoms with Gasteiger partial charge in [0.2, 0.25) is 5.91 Å². The van der Waals surface area contributed by atoms with Gasteiger partial charge in [-0.2, -0.15) is 0 Å². The van der Waals surface area contributed by atoms with E-state index in [1.165, 1.54) is 20.0 Å². The zero-order valence-corrected chi connectivity index (χ0v) is 9.88. The van der Waals surface area contributed by atoms with Crippen LogP contribution < -0.4 is 16.0 Å². The minimum Gasteiger partial charge on any atom is -0.372 e. The summed E-state index contributed by atoms with van der Waals surface area (Å²) in [5.41, 5.74) is -0.0176. The van der Waals surface area contributed by atoms with Gasteiger partial charge >= 0.3 is 6.03 Å². The molecule has 7 heteroatoms. The average molecular weight is 257 g/mol. The minimum absolute atomic E-state index is 0.0176. The molecule has 3 amide bonds. The lowest BCUT2D eigenvalue weighted by Crippen LogP contribution is -2.44. The van der Waals surface area contributed by atoms with Gasteiger partial charge in [0.15, 0.2) is 0 Å². The van der Waals surface area contributed by atoms with Crippen molar-refractivity contribution in [1.82, 2.24) is 10.6 Å². The largest absolute Gasteiger partial charge is 0.372 e. The number of benzene rings is 1. The quantitative estimate of drug-likeness (QED) is 0.762. The lowest BCUT2D eigenvalue weighted by Gasteiger charge is -2.14. The maximum atomic E-state index is 13.3. The topological polar surface area (TPSA) is 70.2 Å². The van der Waals surface area contributed by atoms with Crippen molar-refractivity contribution in [3.8, 4) is 0 Å². The van der Waals surface area contributed by atoms with Crippen molar-refractivity contribution < 1.29 is 18.4 Å². The predicted octanol–water partition coefficient (Wildman–Crippen LogP) is 1.22. The third-order valence-electron chi connectivity index (χ3n) is 2.16. The van der Waals surface area contributed by atoms with E-state index < -0.39 is 29.6 Å². The molecule has 1 aromatic carbocycles. The summed E-state index contributed by atoms with van der Waals surface area (Å²) in [5.74, 6) is -2.15. The first-order chi connectivity index (χ1) is 8.43. The number of rotatable bonds is 3. The molecule has 98 valence electrons. The Kier molecular flexibility index (Phi) is 4.59. The molecule has 0 heterocycles. The molecule has 1 atom stereocenters. The first-order valence-corrected chi connectivity index (χ1v) is 5.18. The van der Waals surface area contributed by atoms with Gasteiger partial charge in [-0.25, -0.2) is 13.6 Å². The van der Waals surface area contributed by atoms with Crippen LogP contribution in [0.15, 0.2) is 18.2 Å². The van der Waals surface area contributed by atoms with E-state index in [-0.39, 0.29) is 5.69 Å². The number of carbonyl (C=O) groups excluding carboxylic acids is 2. The fourth-order valence-corrected chi connectivity index (χ4v) is 1.19. The highest BCUT2D eigenvalue weighted by atomic mass is 19.1. The summed E-state index contributed by atoms with van der Waals surface area (Å²) in [7, 11) is 1.36. The van der Waals surface area contributed by atoms with E-state index in [1.54, 1.807) is 0 Å². The van der Waals surface area contributed by atoms with Crippen LogP contribution in [0.4, 0.5) is 19.3 Å². The van der Waals surface area contributed by atoms with Crippen molar-refractivity contribution in [3.63, 3.8) is 0 Å². The molecule has 0 radical (unpaired) electrons. The van der Waals surface area contributed by atoms with Crippen LogP contribution in [0, 0.1) is 11.6 Å². The van der Waals surface area contributed by atoms with Gasteiger partial charge in [0, 0.05) is 13.1 Å². The predicted molar refractivity (Wildman–Crippen MR) is 62.0 cm³/mol. The van der Waals surface area contributed by atoms with Gasteiger partial charge in [-0.15, -0.1) is 0 Å². The fraction of sp³-hybridized carbons (Fsp3) is 0.273. The third-order valence-corrected chi connectivity index (χ3v) is 2.16. The molecule has 0 aliphatic carbocycles. The number of anilines is 1. The molecule has 0 saturated heterocycles. The Hall–Kier alpha value is -2.18. The van der Waals surface area contributed by atoms with Gasteiger partial charge < -0.3 is 10.6 Å². The molecule has 5 nitrogen and oxygen atoms in total. The highest BCUT2D eigenvalue weighted by Gasteiger charge is 2.16. The summed E-state index contributed by atoms with van der Waals surface area (Å²) in [6, 6.07) is 1.44. The molecule has 0 fully saturated rings. The van der Waals surface area contributed by atoms with Crippen LogP contribution in [0.1, 0.15) is 6.92 Å². The molecular weight excluding hydrogens is 244 g/mol. The van der Waals surface area contributed by atoms with Crippen LogP contribution in [-0.4, -0.2) is 25.0 Å². The van der Waals surface area contributed by atoms with Gasteiger partial charge in [0.1, 0.15) is 17.7 Å². The van der Waals surface area contributed by atoms with E-state index in [4.69, 9.17) is 0 Å². The minimum atomic E-state index is -0.845. The average Bonchev–Trinajstić information content (AvgIpc) is 2.32. The Morgan fingerprint density at radius 3 is 2.50 bits per heavy atom. The van der Waals surface area contributed by atoms with Gasteiger partial charge in [0.25, 0.3) is 0 Å². The third kappa shape index (κ3) is 3.69. The van der Waals surface area contributed by atoms with Crippen LogP contribution in [0.5, 0.6) is 0 Å². The summed E-state index contributed by atoms with van der Waals surface area (Å²) in [4.78, 5) is 22.4. The van der Waals surface area contributed by atoms with Gasteiger partial charge in [-0.05, 0) is 19.1 Å². The second kappa shape index (κ2) is 5.95. The van der Waals surface area contributed by atoms with Gasteiger partial charge in [-0.1, -0.05) is 0 Å². The van der Waals surface area contributed by atoms with Crippen LogP contribution >= 0.6 is 0 Å². The number of amides is 3. The second-order valence-electron chi connectivity index (χ2n) is 3.56. The van der Waals surface area contributed by atoms with Crippen LogP contribution in [0.25, 0.3) is 0 Å². The zero-order chi connectivity index (χ0) is 13.7. The van der Waals surface area contributed by atoms with Crippen molar-refractivity contribution in [1.29, 1.82) is 0 Å². The number of hydrogen-bond acceptors (Lipinski definition) is 3. The van der Waals surface area contributed by atoms with Crippen LogP contribution in [-0.2, 0) is 4.79 Å². The van der Waals surface area contributed by atoms with Gasteiger partial charge in [0.05, 0.1) is 5.69 Å². The number of carbonyl (C=O) groups is 2. The molecule has 1 aromatic rings. The molecule has 1 rings (SSSR count). The summed E-state index contributed by atoms with van der Waals surface area (Å²) in [6.07, 6.45) is 0. The SMILES string of the molecule is CNC(=O)NC(=O)C(C)Nc1ccc(F)cc1F. The van der Waals surface area contributed by atoms with E-state index in [1.807, 2.05) is 5.32 Å². The molecule has 0 aliphatic heterocycles. The molecule has 18 heavy (non-hydrogen) atoms. The van der Waals surface area contributed by atoms with E-state index in [0.29, 0.717) is 6.07 Å². The summed E-state index contributed by atoms with van der Waals surface area (Å²) in [5, 5.41) is 6.78. The Bertz CT molecular complexity index is 466.